The molecule has 2 aromatic rings. The maximum absolute atomic E-state index is 13.0. The summed E-state index contributed by atoms with van der Waals surface area (Å²) in [4.78, 5) is 41.1. The Hall–Kier alpha value is -2.86. The van der Waals surface area contributed by atoms with Crippen LogP contribution in [0.1, 0.15) is 25.8 Å². The largest absolute Gasteiger partial charge is 0.332 e. The Balaban J connectivity index is 1.82. The topological polar surface area (TPSA) is 69.7 Å². The first-order valence-electron chi connectivity index (χ1n) is 9.06. The quantitative estimate of drug-likeness (QED) is 0.765. The van der Waals surface area contributed by atoms with Gasteiger partial charge in [0.05, 0.1) is 12.1 Å². The van der Waals surface area contributed by atoms with Crippen molar-refractivity contribution < 1.29 is 14.4 Å². The van der Waals surface area contributed by atoms with Crippen molar-refractivity contribution in [3.8, 4) is 0 Å². The number of anilines is 2. The van der Waals surface area contributed by atoms with Crippen molar-refractivity contribution in [3.05, 3.63) is 59.1 Å². The first-order chi connectivity index (χ1) is 13.3. The standard InChI is InChI=1S/C21H22ClN3O3/c1-13(2)24-18(12-19(26)23-16-9-7-15(22)8-10-16)20(27)25(21(24)28)17-6-4-5-14(3)11-17/h4-11,13,18H,12H2,1-3H3,(H,23,26)/t18-/m1/s1. The number of amides is 4. The highest BCUT2D eigenvalue weighted by molar-refractivity contribution is 6.30. The van der Waals surface area contributed by atoms with E-state index in [2.05, 4.69) is 5.32 Å². The normalized spacial score (nSPS) is 16.8. The zero-order valence-corrected chi connectivity index (χ0v) is 16.7. The van der Waals surface area contributed by atoms with Gasteiger partial charge < -0.3 is 10.2 Å². The van der Waals surface area contributed by atoms with Gasteiger partial charge in [-0.1, -0.05) is 23.7 Å². The molecule has 3 rings (SSSR count). The number of carbonyl (C=O) groups is 3. The summed E-state index contributed by atoms with van der Waals surface area (Å²) in [6.07, 6.45) is -0.117. The van der Waals surface area contributed by atoms with E-state index in [4.69, 9.17) is 11.6 Å². The monoisotopic (exact) mass is 399 g/mol. The second-order valence-corrected chi connectivity index (χ2v) is 7.51. The van der Waals surface area contributed by atoms with E-state index in [0.29, 0.717) is 16.4 Å². The molecule has 2 aromatic carbocycles. The van der Waals surface area contributed by atoms with Crippen LogP contribution in [0.15, 0.2) is 48.5 Å². The maximum Gasteiger partial charge on any atom is 0.332 e. The molecule has 0 bridgehead atoms. The van der Waals surface area contributed by atoms with Gasteiger partial charge in [0, 0.05) is 16.8 Å². The predicted octanol–water partition coefficient (Wildman–Crippen LogP) is 4.22. The summed E-state index contributed by atoms with van der Waals surface area (Å²) in [7, 11) is 0. The van der Waals surface area contributed by atoms with Crippen LogP contribution < -0.4 is 10.2 Å². The molecule has 1 atom stereocenters. The smallest absolute Gasteiger partial charge is 0.326 e. The summed E-state index contributed by atoms with van der Waals surface area (Å²) in [5.41, 5.74) is 2.04. The predicted molar refractivity (Wildman–Crippen MR) is 110 cm³/mol. The third kappa shape index (κ3) is 4.02. The molecule has 1 saturated heterocycles. The van der Waals surface area contributed by atoms with Gasteiger partial charge in [-0.05, 0) is 62.7 Å². The van der Waals surface area contributed by atoms with E-state index in [-0.39, 0.29) is 18.4 Å². The molecule has 6 nitrogen and oxygen atoms in total. The average molecular weight is 400 g/mol. The van der Waals surface area contributed by atoms with Crippen LogP contribution in [0.3, 0.4) is 0 Å². The SMILES string of the molecule is Cc1cccc(N2C(=O)[C@@H](CC(=O)Nc3ccc(Cl)cc3)N(C(C)C)C2=O)c1. The summed E-state index contributed by atoms with van der Waals surface area (Å²) in [5.74, 6) is -0.735. The number of hydrogen-bond acceptors (Lipinski definition) is 3. The van der Waals surface area contributed by atoms with Gasteiger partial charge in [-0.15, -0.1) is 0 Å². The zero-order valence-electron chi connectivity index (χ0n) is 16.0. The molecule has 0 radical (unpaired) electrons. The van der Waals surface area contributed by atoms with Gasteiger partial charge in [-0.3, -0.25) is 9.59 Å². The van der Waals surface area contributed by atoms with Crippen LogP contribution in [0.5, 0.6) is 0 Å². The van der Waals surface area contributed by atoms with Gasteiger partial charge in [0.2, 0.25) is 5.91 Å². The minimum Gasteiger partial charge on any atom is -0.326 e. The molecule has 1 heterocycles. The maximum atomic E-state index is 13.0. The highest BCUT2D eigenvalue weighted by atomic mass is 35.5. The zero-order chi connectivity index (χ0) is 20.4. The lowest BCUT2D eigenvalue weighted by Crippen LogP contribution is -2.42. The molecule has 1 aliphatic heterocycles. The Kier molecular flexibility index (Phi) is 5.70. The van der Waals surface area contributed by atoms with Crippen molar-refractivity contribution in [3.63, 3.8) is 0 Å². The average Bonchev–Trinajstić information content (AvgIpc) is 2.87. The van der Waals surface area contributed by atoms with Crippen LogP contribution in [-0.4, -0.2) is 34.8 Å². The summed E-state index contributed by atoms with van der Waals surface area (Å²) < 4.78 is 0. The van der Waals surface area contributed by atoms with E-state index in [9.17, 15) is 14.4 Å². The number of halogens is 1. The number of nitrogens with zero attached hydrogens (tertiary/aromatic N) is 2. The molecule has 146 valence electrons. The van der Waals surface area contributed by atoms with Crippen LogP contribution in [0.2, 0.25) is 5.02 Å². The number of hydrogen-bond donors (Lipinski definition) is 1. The van der Waals surface area contributed by atoms with E-state index in [1.807, 2.05) is 26.8 Å². The summed E-state index contributed by atoms with van der Waals surface area (Å²) in [5, 5.41) is 3.31. The molecule has 0 aliphatic carbocycles. The molecular formula is C21H22ClN3O3. The third-order valence-corrected chi connectivity index (χ3v) is 4.83. The molecule has 0 aromatic heterocycles. The Labute approximate surface area is 169 Å². The summed E-state index contributed by atoms with van der Waals surface area (Å²) in [6.45, 7) is 5.55. The second kappa shape index (κ2) is 8.02. The molecule has 4 amide bonds. The van der Waals surface area contributed by atoms with Gasteiger partial charge in [-0.25, -0.2) is 9.69 Å². The number of benzene rings is 2. The van der Waals surface area contributed by atoms with Crippen molar-refractivity contribution in [1.29, 1.82) is 0 Å². The van der Waals surface area contributed by atoms with Crippen molar-refractivity contribution in [2.75, 3.05) is 10.2 Å². The first-order valence-corrected chi connectivity index (χ1v) is 9.44. The lowest BCUT2D eigenvalue weighted by Gasteiger charge is -2.25. The number of carbonyl (C=O) groups excluding carboxylic acids is 3. The molecule has 7 heteroatoms. The van der Waals surface area contributed by atoms with Crippen LogP contribution in [0.25, 0.3) is 0 Å². The number of aryl methyl sites for hydroxylation is 1. The van der Waals surface area contributed by atoms with E-state index < -0.39 is 18.0 Å². The molecule has 0 saturated carbocycles. The molecule has 1 aliphatic rings. The lowest BCUT2D eigenvalue weighted by molar-refractivity contribution is -0.124. The minimum atomic E-state index is -0.847. The molecule has 0 unspecified atom stereocenters. The van der Waals surface area contributed by atoms with Gasteiger partial charge in [0.25, 0.3) is 5.91 Å². The Morgan fingerprint density at radius 1 is 1.14 bits per heavy atom. The molecular weight excluding hydrogens is 378 g/mol. The molecule has 0 spiro atoms. The van der Waals surface area contributed by atoms with E-state index >= 15 is 0 Å². The van der Waals surface area contributed by atoms with Crippen LogP contribution in [0.4, 0.5) is 16.2 Å². The van der Waals surface area contributed by atoms with E-state index in [0.717, 1.165) is 10.5 Å². The van der Waals surface area contributed by atoms with Crippen molar-refractivity contribution >= 4 is 40.8 Å². The number of urea groups is 1. The van der Waals surface area contributed by atoms with Gasteiger partial charge in [-0.2, -0.15) is 0 Å². The molecule has 1 fully saturated rings. The highest BCUT2D eigenvalue weighted by Gasteiger charge is 2.47. The van der Waals surface area contributed by atoms with Crippen LogP contribution in [0, 0.1) is 6.92 Å². The van der Waals surface area contributed by atoms with Crippen molar-refractivity contribution in [1.82, 2.24) is 4.90 Å². The fraction of sp³-hybridized carbons (Fsp3) is 0.286. The van der Waals surface area contributed by atoms with Crippen LogP contribution in [-0.2, 0) is 9.59 Å². The van der Waals surface area contributed by atoms with Gasteiger partial charge in [0.1, 0.15) is 6.04 Å². The summed E-state index contributed by atoms with van der Waals surface area (Å²) in [6, 6.07) is 12.4. The third-order valence-electron chi connectivity index (χ3n) is 4.58. The van der Waals surface area contributed by atoms with Gasteiger partial charge in [0.15, 0.2) is 0 Å². The lowest BCUT2D eigenvalue weighted by atomic mass is 10.1. The Morgan fingerprint density at radius 2 is 1.82 bits per heavy atom. The fourth-order valence-electron chi connectivity index (χ4n) is 3.30. The highest BCUT2D eigenvalue weighted by Crippen LogP contribution is 2.29. The molecule has 28 heavy (non-hydrogen) atoms. The Morgan fingerprint density at radius 3 is 2.43 bits per heavy atom. The second-order valence-electron chi connectivity index (χ2n) is 7.07. The number of nitrogens with one attached hydrogen (secondary N) is 1. The van der Waals surface area contributed by atoms with Crippen LogP contribution >= 0.6 is 11.6 Å². The van der Waals surface area contributed by atoms with E-state index in [1.165, 1.54) is 4.90 Å². The Bertz CT molecular complexity index is 911. The minimum absolute atomic E-state index is 0.117. The first kappa shape index (κ1) is 19.9. The van der Waals surface area contributed by atoms with Crippen molar-refractivity contribution in [2.24, 2.45) is 0 Å². The molecule has 1 N–H and O–H groups in total. The summed E-state index contributed by atoms with van der Waals surface area (Å²) >= 11 is 5.85. The van der Waals surface area contributed by atoms with E-state index in [1.54, 1.807) is 42.5 Å². The van der Waals surface area contributed by atoms with Gasteiger partial charge >= 0.3 is 6.03 Å². The fourth-order valence-corrected chi connectivity index (χ4v) is 3.43. The number of rotatable bonds is 5. The number of imide groups is 1. The van der Waals surface area contributed by atoms with Crippen molar-refractivity contribution in [2.45, 2.75) is 39.3 Å².